The number of thiazole rings is 1. The monoisotopic (exact) mass is 282 g/mol. The number of carbonyl (C=O) groups excluding carboxylic acids is 1. The zero-order valence-corrected chi connectivity index (χ0v) is 11.2. The van der Waals surface area contributed by atoms with E-state index >= 15 is 0 Å². The molecule has 2 rings (SSSR count). The van der Waals surface area contributed by atoms with Crippen LogP contribution in [-0.2, 0) is 11.3 Å². The number of anilines is 1. The van der Waals surface area contributed by atoms with E-state index in [0.717, 1.165) is 5.56 Å². The van der Waals surface area contributed by atoms with Crippen molar-refractivity contribution in [2.75, 3.05) is 12.4 Å². The van der Waals surface area contributed by atoms with E-state index in [4.69, 9.17) is 11.6 Å². The van der Waals surface area contributed by atoms with Crippen LogP contribution in [0.1, 0.15) is 16.1 Å². The van der Waals surface area contributed by atoms with Gasteiger partial charge in [-0.3, -0.25) is 0 Å². The highest BCUT2D eigenvalue weighted by Crippen LogP contribution is 2.17. The van der Waals surface area contributed by atoms with Gasteiger partial charge in [-0.15, -0.1) is 11.3 Å². The molecule has 0 spiro atoms. The molecule has 0 amide bonds. The van der Waals surface area contributed by atoms with E-state index in [1.165, 1.54) is 18.4 Å². The van der Waals surface area contributed by atoms with Gasteiger partial charge in [0.15, 0.2) is 10.8 Å². The molecule has 94 valence electrons. The number of carbonyl (C=O) groups is 1. The van der Waals surface area contributed by atoms with Gasteiger partial charge in [0.2, 0.25) is 0 Å². The van der Waals surface area contributed by atoms with Crippen molar-refractivity contribution < 1.29 is 9.53 Å². The summed E-state index contributed by atoms with van der Waals surface area (Å²) in [6.07, 6.45) is 0. The van der Waals surface area contributed by atoms with Crippen LogP contribution in [0.25, 0.3) is 0 Å². The van der Waals surface area contributed by atoms with Gasteiger partial charge in [-0.1, -0.05) is 23.7 Å². The van der Waals surface area contributed by atoms with E-state index in [-0.39, 0.29) is 0 Å². The van der Waals surface area contributed by atoms with Gasteiger partial charge < -0.3 is 10.1 Å². The molecule has 0 unspecified atom stereocenters. The van der Waals surface area contributed by atoms with Crippen molar-refractivity contribution in [3.63, 3.8) is 0 Å². The van der Waals surface area contributed by atoms with Gasteiger partial charge in [0.1, 0.15) is 0 Å². The van der Waals surface area contributed by atoms with E-state index < -0.39 is 5.97 Å². The largest absolute Gasteiger partial charge is 0.464 e. The second-order valence-electron chi connectivity index (χ2n) is 3.51. The van der Waals surface area contributed by atoms with Gasteiger partial charge in [-0.2, -0.15) is 0 Å². The lowest BCUT2D eigenvalue weighted by Crippen LogP contribution is -2.03. The summed E-state index contributed by atoms with van der Waals surface area (Å²) in [6.45, 7) is 0.630. The van der Waals surface area contributed by atoms with Crippen LogP contribution in [0.2, 0.25) is 5.02 Å². The molecule has 1 aromatic heterocycles. The van der Waals surface area contributed by atoms with Gasteiger partial charge >= 0.3 is 5.97 Å². The molecule has 0 atom stereocenters. The Bertz CT molecular complexity index is 539. The molecule has 0 aliphatic carbocycles. The molecule has 18 heavy (non-hydrogen) atoms. The number of nitrogens with one attached hydrogen (secondary N) is 1. The highest BCUT2D eigenvalue weighted by molar-refractivity contribution is 7.13. The van der Waals surface area contributed by atoms with Crippen LogP contribution in [0, 0.1) is 0 Å². The number of benzene rings is 1. The number of hydrogen-bond acceptors (Lipinski definition) is 5. The van der Waals surface area contributed by atoms with E-state index in [1.807, 2.05) is 24.3 Å². The predicted octanol–water partition coefficient (Wildman–Crippen LogP) is 3.20. The first-order chi connectivity index (χ1) is 8.69. The van der Waals surface area contributed by atoms with Crippen LogP contribution in [-0.4, -0.2) is 18.1 Å². The Balaban J connectivity index is 1.96. The van der Waals surface area contributed by atoms with Gasteiger partial charge in [0, 0.05) is 16.9 Å². The SMILES string of the molecule is COC(=O)c1csc(NCc2ccc(Cl)cc2)n1. The molecule has 1 N–H and O–H groups in total. The fourth-order valence-electron chi connectivity index (χ4n) is 1.33. The zero-order valence-electron chi connectivity index (χ0n) is 9.64. The Kier molecular flexibility index (Phi) is 4.17. The average Bonchev–Trinajstić information content (AvgIpc) is 2.86. The number of hydrogen-bond donors (Lipinski definition) is 1. The molecule has 0 saturated carbocycles. The lowest BCUT2D eigenvalue weighted by molar-refractivity contribution is 0.0595. The van der Waals surface area contributed by atoms with Crippen molar-refractivity contribution in [2.24, 2.45) is 0 Å². The molecule has 0 aliphatic rings. The van der Waals surface area contributed by atoms with Gasteiger partial charge in [-0.05, 0) is 17.7 Å². The molecular weight excluding hydrogens is 272 g/mol. The maximum Gasteiger partial charge on any atom is 0.357 e. The van der Waals surface area contributed by atoms with Crippen molar-refractivity contribution in [2.45, 2.75) is 6.54 Å². The van der Waals surface area contributed by atoms with Crippen LogP contribution in [0.5, 0.6) is 0 Å². The number of methoxy groups -OCH3 is 1. The van der Waals surface area contributed by atoms with Crippen molar-refractivity contribution in [3.05, 3.63) is 45.9 Å². The summed E-state index contributed by atoms with van der Waals surface area (Å²) in [5.41, 5.74) is 1.41. The summed E-state index contributed by atoms with van der Waals surface area (Å²) in [4.78, 5) is 15.3. The molecule has 0 radical (unpaired) electrons. The summed E-state index contributed by atoms with van der Waals surface area (Å²) in [5, 5.41) is 6.19. The Morgan fingerprint density at radius 3 is 2.83 bits per heavy atom. The first-order valence-corrected chi connectivity index (χ1v) is 6.47. The van der Waals surface area contributed by atoms with Crippen LogP contribution >= 0.6 is 22.9 Å². The quantitative estimate of drug-likeness (QED) is 0.875. The highest BCUT2D eigenvalue weighted by Gasteiger charge is 2.10. The molecule has 1 heterocycles. The van der Waals surface area contributed by atoms with Crippen molar-refractivity contribution in [1.82, 2.24) is 4.98 Å². The fourth-order valence-corrected chi connectivity index (χ4v) is 2.14. The van der Waals surface area contributed by atoms with Gasteiger partial charge in [-0.25, -0.2) is 9.78 Å². The summed E-state index contributed by atoms with van der Waals surface area (Å²) in [7, 11) is 1.34. The number of aromatic nitrogens is 1. The number of rotatable bonds is 4. The second kappa shape index (κ2) is 5.84. The predicted molar refractivity (Wildman–Crippen MR) is 72.2 cm³/mol. The Hall–Kier alpha value is -1.59. The lowest BCUT2D eigenvalue weighted by atomic mass is 10.2. The van der Waals surface area contributed by atoms with Crippen molar-refractivity contribution in [1.29, 1.82) is 0 Å². The zero-order chi connectivity index (χ0) is 13.0. The first kappa shape index (κ1) is 12.9. The molecule has 0 aliphatic heterocycles. The normalized spacial score (nSPS) is 10.1. The second-order valence-corrected chi connectivity index (χ2v) is 4.80. The summed E-state index contributed by atoms with van der Waals surface area (Å²) in [6, 6.07) is 7.54. The maximum atomic E-state index is 11.2. The summed E-state index contributed by atoms with van der Waals surface area (Å²) in [5.74, 6) is -0.425. The van der Waals surface area contributed by atoms with Crippen LogP contribution < -0.4 is 5.32 Å². The van der Waals surface area contributed by atoms with E-state index in [2.05, 4.69) is 15.0 Å². The Labute approximate surface area is 114 Å². The molecule has 4 nitrogen and oxygen atoms in total. The number of halogens is 1. The molecular formula is C12H11ClN2O2S. The molecule has 0 fully saturated rings. The fraction of sp³-hybridized carbons (Fsp3) is 0.167. The minimum atomic E-state index is -0.425. The standard InChI is InChI=1S/C12H11ClN2O2S/c1-17-11(16)10-7-18-12(15-10)14-6-8-2-4-9(13)5-3-8/h2-5,7H,6H2,1H3,(H,14,15). The van der Waals surface area contributed by atoms with E-state index in [1.54, 1.807) is 5.38 Å². The highest BCUT2D eigenvalue weighted by atomic mass is 35.5. The molecule has 2 aromatic rings. The topological polar surface area (TPSA) is 51.2 Å². The smallest absolute Gasteiger partial charge is 0.357 e. The number of esters is 1. The maximum absolute atomic E-state index is 11.2. The minimum Gasteiger partial charge on any atom is -0.464 e. The minimum absolute atomic E-state index is 0.320. The van der Waals surface area contributed by atoms with Gasteiger partial charge in [0.05, 0.1) is 7.11 Å². The average molecular weight is 283 g/mol. The van der Waals surface area contributed by atoms with Crippen molar-refractivity contribution in [3.8, 4) is 0 Å². The van der Waals surface area contributed by atoms with E-state index in [9.17, 15) is 4.79 Å². The third-order valence-electron chi connectivity index (χ3n) is 2.26. The van der Waals surface area contributed by atoms with Crippen LogP contribution in [0.3, 0.4) is 0 Å². The number of nitrogens with zero attached hydrogens (tertiary/aromatic N) is 1. The van der Waals surface area contributed by atoms with Crippen molar-refractivity contribution >= 4 is 34.0 Å². The van der Waals surface area contributed by atoms with Crippen LogP contribution in [0.4, 0.5) is 5.13 Å². The Morgan fingerprint density at radius 1 is 1.44 bits per heavy atom. The van der Waals surface area contributed by atoms with Gasteiger partial charge in [0.25, 0.3) is 0 Å². The van der Waals surface area contributed by atoms with E-state index in [0.29, 0.717) is 22.4 Å². The lowest BCUT2D eigenvalue weighted by Gasteiger charge is -2.02. The molecule has 6 heteroatoms. The molecule has 0 saturated heterocycles. The molecule has 0 bridgehead atoms. The Morgan fingerprint density at radius 2 is 2.17 bits per heavy atom. The van der Waals surface area contributed by atoms with Crippen LogP contribution in [0.15, 0.2) is 29.6 Å². The summed E-state index contributed by atoms with van der Waals surface area (Å²) >= 11 is 7.17. The third-order valence-corrected chi connectivity index (χ3v) is 3.31. The number of ether oxygens (including phenoxy) is 1. The third kappa shape index (κ3) is 3.21. The first-order valence-electron chi connectivity index (χ1n) is 5.21. The molecule has 1 aromatic carbocycles. The summed E-state index contributed by atoms with van der Waals surface area (Å²) < 4.78 is 4.59.